The van der Waals surface area contributed by atoms with Crippen molar-refractivity contribution in [3.05, 3.63) is 24.3 Å². The van der Waals surface area contributed by atoms with Crippen LogP contribution in [0.15, 0.2) is 24.3 Å². The molecule has 0 spiro atoms. The monoisotopic (exact) mass is 322 g/mol. The van der Waals surface area contributed by atoms with E-state index in [1.807, 2.05) is 12.1 Å². The van der Waals surface area contributed by atoms with Gasteiger partial charge in [0, 0.05) is 18.8 Å². The first-order chi connectivity index (χ1) is 11.1. The summed E-state index contributed by atoms with van der Waals surface area (Å²) < 4.78 is 28.3. The Morgan fingerprint density at radius 3 is 2.22 bits per heavy atom. The van der Waals surface area contributed by atoms with Crippen LogP contribution in [0.5, 0.6) is 5.75 Å². The van der Waals surface area contributed by atoms with Crippen LogP contribution in [-0.4, -0.2) is 37.1 Å². The van der Waals surface area contributed by atoms with Crippen molar-refractivity contribution >= 4 is 11.6 Å². The van der Waals surface area contributed by atoms with Crippen LogP contribution in [0.25, 0.3) is 0 Å². The molecule has 0 unspecified atom stereocenters. The predicted octanol–water partition coefficient (Wildman–Crippen LogP) is 2.36. The zero-order valence-corrected chi connectivity index (χ0v) is 12.3. The van der Waals surface area contributed by atoms with Crippen molar-refractivity contribution < 1.29 is 18.3 Å². The van der Waals surface area contributed by atoms with E-state index in [-0.39, 0.29) is 44.1 Å². The van der Waals surface area contributed by atoms with Crippen molar-refractivity contribution in [3.8, 4) is 17.9 Å². The third-order valence-corrected chi connectivity index (χ3v) is 2.86. The summed E-state index contributed by atoms with van der Waals surface area (Å²) in [6.07, 6.45) is 0.383. The lowest BCUT2D eigenvalue weighted by molar-refractivity contribution is -0.129. The number of halogens is 2. The van der Waals surface area contributed by atoms with Crippen molar-refractivity contribution in [2.75, 3.05) is 25.0 Å². The van der Waals surface area contributed by atoms with Gasteiger partial charge >= 0.3 is 6.61 Å². The van der Waals surface area contributed by atoms with Crippen LogP contribution in [0.1, 0.15) is 12.8 Å². The lowest BCUT2D eigenvalue weighted by atomic mass is 10.3. The van der Waals surface area contributed by atoms with E-state index in [1.54, 1.807) is 0 Å². The predicted molar refractivity (Wildman–Crippen MR) is 78.6 cm³/mol. The smallest absolute Gasteiger partial charge is 0.387 e. The Labute approximate surface area is 132 Å². The van der Waals surface area contributed by atoms with E-state index in [2.05, 4.69) is 10.1 Å². The molecule has 0 heterocycles. The van der Waals surface area contributed by atoms with E-state index in [9.17, 15) is 13.6 Å². The number of carbonyl (C=O) groups is 1. The topological polar surface area (TPSA) is 89.2 Å². The maximum atomic E-state index is 12.1. The van der Waals surface area contributed by atoms with Gasteiger partial charge in [0.2, 0.25) is 5.91 Å². The van der Waals surface area contributed by atoms with E-state index < -0.39 is 6.61 Å². The molecule has 0 atom stereocenters. The summed E-state index contributed by atoms with van der Waals surface area (Å²) in [6.45, 7) is -2.38. The molecule has 0 fully saturated rings. The highest BCUT2D eigenvalue weighted by atomic mass is 19.3. The molecule has 0 saturated carbocycles. The van der Waals surface area contributed by atoms with E-state index in [1.165, 1.54) is 29.2 Å². The first-order valence-electron chi connectivity index (χ1n) is 6.87. The Kier molecular flexibility index (Phi) is 7.87. The Bertz CT molecular complexity index is 561. The second kappa shape index (κ2) is 9.96. The summed E-state index contributed by atoms with van der Waals surface area (Å²) in [4.78, 5) is 13.5. The highest BCUT2D eigenvalue weighted by Crippen LogP contribution is 2.17. The van der Waals surface area contributed by atoms with Gasteiger partial charge in [0.25, 0.3) is 0 Å². The van der Waals surface area contributed by atoms with E-state index in [4.69, 9.17) is 10.5 Å². The van der Waals surface area contributed by atoms with Gasteiger partial charge in [-0.3, -0.25) is 4.79 Å². The molecule has 8 heteroatoms. The lowest BCUT2D eigenvalue weighted by Gasteiger charge is -2.20. The average molecular weight is 322 g/mol. The molecule has 1 N–H and O–H groups in total. The van der Waals surface area contributed by atoms with Crippen molar-refractivity contribution in [1.29, 1.82) is 10.5 Å². The molecule has 0 aliphatic rings. The fourth-order valence-corrected chi connectivity index (χ4v) is 1.77. The van der Waals surface area contributed by atoms with E-state index in [0.717, 1.165) is 0 Å². The first-order valence-corrected chi connectivity index (χ1v) is 6.87. The SMILES string of the molecule is N#CCCN(CCC#N)C(=O)CNc1ccc(OC(F)F)cc1. The van der Waals surface area contributed by atoms with Crippen molar-refractivity contribution in [3.63, 3.8) is 0 Å². The highest BCUT2D eigenvalue weighted by molar-refractivity contribution is 5.80. The summed E-state index contributed by atoms with van der Waals surface area (Å²) in [5.74, 6) is -0.218. The van der Waals surface area contributed by atoms with Crippen LogP contribution in [-0.2, 0) is 4.79 Å². The van der Waals surface area contributed by atoms with Gasteiger partial charge in [-0.25, -0.2) is 0 Å². The molecule has 1 amide bonds. The number of hydrogen-bond donors (Lipinski definition) is 1. The molecule has 0 radical (unpaired) electrons. The number of nitrogens with one attached hydrogen (secondary N) is 1. The summed E-state index contributed by atoms with van der Waals surface area (Å²) in [5, 5.41) is 20.0. The van der Waals surface area contributed by atoms with Gasteiger partial charge in [0.15, 0.2) is 0 Å². The molecular weight excluding hydrogens is 306 g/mol. The minimum Gasteiger partial charge on any atom is -0.435 e. The molecule has 1 aromatic carbocycles. The Hall–Kier alpha value is -2.87. The zero-order chi connectivity index (χ0) is 17.1. The van der Waals surface area contributed by atoms with E-state index in [0.29, 0.717) is 5.69 Å². The van der Waals surface area contributed by atoms with Crippen LogP contribution < -0.4 is 10.1 Å². The van der Waals surface area contributed by atoms with Crippen molar-refractivity contribution in [1.82, 2.24) is 4.90 Å². The maximum absolute atomic E-state index is 12.1. The molecular formula is C15H16F2N4O2. The van der Waals surface area contributed by atoms with Gasteiger partial charge in [0.05, 0.1) is 31.5 Å². The lowest BCUT2D eigenvalue weighted by Crippen LogP contribution is -2.36. The largest absolute Gasteiger partial charge is 0.435 e. The first kappa shape index (κ1) is 18.2. The zero-order valence-electron chi connectivity index (χ0n) is 12.3. The molecule has 0 aromatic heterocycles. The molecule has 23 heavy (non-hydrogen) atoms. The molecule has 1 rings (SSSR count). The number of hydrogen-bond acceptors (Lipinski definition) is 5. The molecule has 122 valence electrons. The molecule has 0 aliphatic carbocycles. The third kappa shape index (κ3) is 7.09. The number of ether oxygens (including phenoxy) is 1. The Morgan fingerprint density at radius 2 is 1.74 bits per heavy atom. The van der Waals surface area contributed by atoms with Gasteiger partial charge in [-0.05, 0) is 24.3 Å². The van der Waals surface area contributed by atoms with Gasteiger partial charge in [-0.2, -0.15) is 19.3 Å². The van der Waals surface area contributed by atoms with E-state index >= 15 is 0 Å². The molecule has 0 aliphatic heterocycles. The fraction of sp³-hybridized carbons (Fsp3) is 0.400. The molecule has 0 bridgehead atoms. The van der Waals surface area contributed by atoms with Crippen molar-refractivity contribution in [2.45, 2.75) is 19.5 Å². The number of carbonyl (C=O) groups excluding carboxylic acids is 1. The standard InChI is InChI=1S/C15H16F2N4O2/c16-15(17)23-13-5-3-12(4-6-13)20-11-14(22)21(9-1-7-18)10-2-8-19/h3-6,15,20H,1-2,9-11H2. The van der Waals surface area contributed by atoms with Crippen LogP contribution in [0.3, 0.4) is 0 Å². The normalized spacial score (nSPS) is 9.78. The summed E-state index contributed by atoms with van der Waals surface area (Å²) in [5.41, 5.74) is 0.570. The van der Waals surface area contributed by atoms with Crippen LogP contribution in [0.4, 0.5) is 14.5 Å². The second-order valence-electron chi connectivity index (χ2n) is 4.45. The number of amides is 1. The number of alkyl halides is 2. The van der Waals surface area contributed by atoms with Crippen molar-refractivity contribution in [2.24, 2.45) is 0 Å². The average Bonchev–Trinajstić information content (AvgIpc) is 2.53. The number of nitrogens with zero attached hydrogens (tertiary/aromatic N) is 3. The maximum Gasteiger partial charge on any atom is 0.387 e. The Balaban J connectivity index is 2.52. The van der Waals surface area contributed by atoms with Gasteiger partial charge < -0.3 is 15.0 Å². The quantitative estimate of drug-likeness (QED) is 0.754. The number of rotatable bonds is 9. The van der Waals surface area contributed by atoms with Gasteiger partial charge in [-0.1, -0.05) is 0 Å². The number of anilines is 1. The number of benzene rings is 1. The summed E-state index contributed by atoms with van der Waals surface area (Å²) >= 11 is 0. The number of nitriles is 2. The second-order valence-corrected chi connectivity index (χ2v) is 4.45. The Morgan fingerprint density at radius 1 is 1.17 bits per heavy atom. The van der Waals surface area contributed by atoms with Crippen LogP contribution >= 0.6 is 0 Å². The molecule has 1 aromatic rings. The summed E-state index contributed by atoms with van der Waals surface area (Å²) in [6, 6.07) is 9.66. The summed E-state index contributed by atoms with van der Waals surface area (Å²) in [7, 11) is 0. The minimum atomic E-state index is -2.88. The van der Waals surface area contributed by atoms with Gasteiger partial charge in [-0.15, -0.1) is 0 Å². The fourth-order valence-electron chi connectivity index (χ4n) is 1.77. The van der Waals surface area contributed by atoms with Gasteiger partial charge in [0.1, 0.15) is 5.75 Å². The highest BCUT2D eigenvalue weighted by Gasteiger charge is 2.12. The minimum absolute atomic E-state index is 0.0219. The third-order valence-electron chi connectivity index (χ3n) is 2.86. The van der Waals surface area contributed by atoms with Crippen LogP contribution in [0, 0.1) is 22.7 Å². The molecule has 6 nitrogen and oxygen atoms in total. The van der Waals surface area contributed by atoms with Crippen LogP contribution in [0.2, 0.25) is 0 Å². The molecule has 0 saturated heterocycles.